The molecule has 3 N–H and O–H groups in total. The number of halogens is 1. The monoisotopic (exact) mass is 578 g/mol. The van der Waals surface area contributed by atoms with Crippen LogP contribution in [-0.4, -0.2) is 64.5 Å². The minimum absolute atomic E-state index is 0.113. The summed E-state index contributed by atoms with van der Waals surface area (Å²) < 4.78 is 28.3. The number of rotatable bonds is 8. The highest BCUT2D eigenvalue weighted by Crippen LogP contribution is 2.32. The molecule has 1 aromatic carbocycles. The van der Waals surface area contributed by atoms with Crippen LogP contribution < -0.4 is 10.0 Å². The van der Waals surface area contributed by atoms with Gasteiger partial charge in [-0.05, 0) is 67.6 Å². The Hall–Kier alpha value is -3.80. The molecular formula is C28H27ClN6O4S. The van der Waals surface area contributed by atoms with Crippen molar-refractivity contribution >= 4 is 50.3 Å². The summed E-state index contributed by atoms with van der Waals surface area (Å²) in [6.45, 7) is -0.187. The number of anilines is 1. The van der Waals surface area contributed by atoms with Crippen LogP contribution in [0.1, 0.15) is 46.4 Å². The first kappa shape index (κ1) is 26.4. The Kier molecular flexibility index (Phi) is 7.03. The fraction of sp³-hybridized carbons (Fsp3) is 0.286. The van der Waals surface area contributed by atoms with Gasteiger partial charge in [0.15, 0.2) is 0 Å². The number of aromatic nitrogens is 3. The van der Waals surface area contributed by atoms with Crippen molar-refractivity contribution in [3.63, 3.8) is 0 Å². The second-order valence-electron chi connectivity index (χ2n) is 10.1. The molecule has 3 aromatic heterocycles. The Morgan fingerprint density at radius 1 is 0.950 bits per heavy atom. The minimum Gasteiger partial charge on any atom is -0.367 e. The maximum atomic E-state index is 12.8. The normalized spacial score (nSPS) is 19.3. The molecule has 0 spiro atoms. The average molecular weight is 579 g/mol. The lowest BCUT2D eigenvalue weighted by atomic mass is 9.92. The number of imide groups is 1. The van der Waals surface area contributed by atoms with Crippen LogP contribution in [0.3, 0.4) is 0 Å². The molecule has 0 atom stereocenters. The number of carbonyl (C=O) groups is 2. The molecule has 206 valence electrons. The fourth-order valence-corrected chi connectivity index (χ4v) is 6.95. The van der Waals surface area contributed by atoms with E-state index < -0.39 is 21.8 Å². The summed E-state index contributed by atoms with van der Waals surface area (Å²) in [4.78, 5) is 38.0. The van der Waals surface area contributed by atoms with Gasteiger partial charge >= 0.3 is 0 Å². The van der Waals surface area contributed by atoms with Crippen LogP contribution in [0.4, 0.5) is 5.82 Å². The van der Waals surface area contributed by atoms with Gasteiger partial charge in [0.2, 0.25) is 10.0 Å². The fourth-order valence-electron chi connectivity index (χ4n) is 5.45. The van der Waals surface area contributed by atoms with Crippen LogP contribution in [0.15, 0.2) is 60.9 Å². The van der Waals surface area contributed by atoms with Gasteiger partial charge in [-0.25, -0.2) is 23.1 Å². The van der Waals surface area contributed by atoms with E-state index in [9.17, 15) is 18.0 Å². The van der Waals surface area contributed by atoms with E-state index in [0.717, 1.165) is 39.9 Å². The SMILES string of the molecule is O=C1c2ccccc2C(=O)N1CCS(=O)(=O)NC1CCC(Nc2cc(-c3c[nH]c4ncccc34)cc(Cl)n2)CC1. The number of nitrogens with zero attached hydrogens (tertiary/aromatic N) is 3. The van der Waals surface area contributed by atoms with Crippen molar-refractivity contribution in [2.45, 2.75) is 37.8 Å². The maximum Gasteiger partial charge on any atom is 0.261 e. The van der Waals surface area contributed by atoms with E-state index in [1.54, 1.807) is 30.5 Å². The molecule has 0 bridgehead atoms. The Balaban J connectivity index is 1.03. The smallest absolute Gasteiger partial charge is 0.261 e. The van der Waals surface area contributed by atoms with E-state index >= 15 is 0 Å². The Labute approximate surface area is 236 Å². The highest BCUT2D eigenvalue weighted by molar-refractivity contribution is 7.89. The van der Waals surface area contributed by atoms with E-state index in [2.05, 4.69) is 25.0 Å². The first-order chi connectivity index (χ1) is 19.3. The van der Waals surface area contributed by atoms with E-state index in [-0.39, 0.29) is 24.4 Å². The van der Waals surface area contributed by atoms with Crippen molar-refractivity contribution in [3.05, 3.63) is 77.2 Å². The molecule has 2 amide bonds. The summed E-state index contributed by atoms with van der Waals surface area (Å²) >= 11 is 6.35. The number of hydrogen-bond donors (Lipinski definition) is 3. The summed E-state index contributed by atoms with van der Waals surface area (Å²) in [5.74, 6) is -0.594. The molecule has 6 rings (SSSR count). The van der Waals surface area contributed by atoms with Crippen LogP contribution in [-0.2, 0) is 10.0 Å². The van der Waals surface area contributed by atoms with Gasteiger partial charge in [0.05, 0.1) is 16.9 Å². The summed E-state index contributed by atoms with van der Waals surface area (Å²) in [6.07, 6.45) is 6.41. The number of aromatic amines is 1. The third-order valence-electron chi connectivity index (χ3n) is 7.44. The number of H-pyrrole nitrogens is 1. The molecule has 40 heavy (non-hydrogen) atoms. The molecule has 10 nitrogen and oxygen atoms in total. The first-order valence-corrected chi connectivity index (χ1v) is 15.1. The summed E-state index contributed by atoms with van der Waals surface area (Å²) in [5.41, 5.74) is 3.31. The largest absolute Gasteiger partial charge is 0.367 e. The van der Waals surface area contributed by atoms with Gasteiger partial charge < -0.3 is 10.3 Å². The van der Waals surface area contributed by atoms with Crippen LogP contribution in [0.5, 0.6) is 0 Å². The topological polar surface area (TPSA) is 137 Å². The van der Waals surface area contributed by atoms with Crippen LogP contribution >= 0.6 is 11.6 Å². The lowest BCUT2D eigenvalue weighted by Crippen LogP contribution is -2.43. The molecule has 0 radical (unpaired) electrons. The van der Waals surface area contributed by atoms with E-state index in [1.807, 2.05) is 30.5 Å². The zero-order chi connectivity index (χ0) is 27.9. The van der Waals surface area contributed by atoms with Crippen molar-refractivity contribution in [2.75, 3.05) is 17.6 Å². The quantitative estimate of drug-likeness (QED) is 0.210. The van der Waals surface area contributed by atoms with Crippen molar-refractivity contribution < 1.29 is 18.0 Å². The number of sulfonamides is 1. The Morgan fingerprint density at radius 3 is 2.38 bits per heavy atom. The van der Waals surface area contributed by atoms with Crippen LogP contribution in [0.2, 0.25) is 5.15 Å². The lowest BCUT2D eigenvalue weighted by molar-refractivity contribution is 0.0664. The zero-order valence-corrected chi connectivity index (χ0v) is 23.0. The number of fused-ring (bicyclic) bond motifs is 2. The number of nitrogens with one attached hydrogen (secondary N) is 3. The number of amides is 2. The lowest BCUT2D eigenvalue weighted by Gasteiger charge is -2.30. The average Bonchev–Trinajstić information content (AvgIpc) is 3.47. The summed E-state index contributed by atoms with van der Waals surface area (Å²) in [6, 6.07) is 14.1. The molecule has 1 aliphatic carbocycles. The van der Waals surface area contributed by atoms with Gasteiger partial charge in [-0.2, -0.15) is 0 Å². The zero-order valence-electron chi connectivity index (χ0n) is 21.4. The molecule has 4 heterocycles. The van der Waals surface area contributed by atoms with Gasteiger partial charge in [0.25, 0.3) is 11.8 Å². The number of benzene rings is 1. The van der Waals surface area contributed by atoms with Crippen molar-refractivity contribution in [1.82, 2.24) is 24.6 Å². The van der Waals surface area contributed by atoms with Gasteiger partial charge in [-0.15, -0.1) is 0 Å². The van der Waals surface area contributed by atoms with Gasteiger partial charge in [0, 0.05) is 42.0 Å². The molecule has 1 saturated carbocycles. The second-order valence-corrected chi connectivity index (χ2v) is 12.4. The molecule has 0 saturated heterocycles. The molecule has 1 fully saturated rings. The Morgan fingerprint density at radius 2 is 1.65 bits per heavy atom. The molecule has 2 aliphatic rings. The van der Waals surface area contributed by atoms with Crippen molar-refractivity contribution in [2.24, 2.45) is 0 Å². The molecule has 1 aliphatic heterocycles. The number of hydrogen-bond acceptors (Lipinski definition) is 7. The minimum atomic E-state index is -3.69. The molecule has 12 heteroatoms. The third-order valence-corrected chi connectivity index (χ3v) is 9.05. The van der Waals surface area contributed by atoms with Crippen molar-refractivity contribution in [3.8, 4) is 11.1 Å². The molecule has 4 aromatic rings. The summed E-state index contributed by atoms with van der Waals surface area (Å²) in [7, 11) is -3.69. The highest BCUT2D eigenvalue weighted by Gasteiger charge is 2.36. The van der Waals surface area contributed by atoms with E-state index in [0.29, 0.717) is 34.9 Å². The standard InChI is InChI=1S/C28H27ClN6O4S/c29-24-14-17(23-16-31-26-20(23)6-3-11-30-26)15-25(33-24)32-18-7-9-19(10-8-18)34-40(38,39)13-12-35-27(36)21-4-1-2-5-22(21)28(35)37/h1-6,11,14-16,18-19,34H,7-10,12-13H2,(H,30,31)(H,32,33). The number of pyridine rings is 2. The molecular weight excluding hydrogens is 552 g/mol. The van der Waals surface area contributed by atoms with E-state index in [4.69, 9.17) is 11.6 Å². The third kappa shape index (κ3) is 5.32. The van der Waals surface area contributed by atoms with Crippen LogP contribution in [0, 0.1) is 0 Å². The van der Waals surface area contributed by atoms with Gasteiger partial charge in [-0.1, -0.05) is 23.7 Å². The van der Waals surface area contributed by atoms with Crippen molar-refractivity contribution in [1.29, 1.82) is 0 Å². The predicted molar refractivity (Wildman–Crippen MR) is 153 cm³/mol. The Bertz CT molecular complexity index is 1680. The number of carbonyl (C=O) groups excluding carboxylic acids is 2. The predicted octanol–water partition coefficient (Wildman–Crippen LogP) is 4.22. The van der Waals surface area contributed by atoms with Crippen LogP contribution in [0.25, 0.3) is 22.2 Å². The highest BCUT2D eigenvalue weighted by atomic mass is 35.5. The molecule has 0 unspecified atom stereocenters. The second kappa shape index (κ2) is 10.6. The maximum absolute atomic E-state index is 12.8. The summed E-state index contributed by atoms with van der Waals surface area (Å²) in [5, 5.41) is 4.82. The van der Waals surface area contributed by atoms with E-state index in [1.165, 1.54) is 0 Å². The first-order valence-electron chi connectivity index (χ1n) is 13.1. The van der Waals surface area contributed by atoms with Gasteiger partial charge in [-0.3, -0.25) is 14.5 Å². The van der Waals surface area contributed by atoms with Gasteiger partial charge in [0.1, 0.15) is 16.6 Å².